The second-order valence-corrected chi connectivity index (χ2v) is 4.74. The molecule has 1 N–H and O–H groups in total. The minimum absolute atomic E-state index is 0.672. The number of methoxy groups -OCH3 is 1. The summed E-state index contributed by atoms with van der Waals surface area (Å²) >= 11 is 0. The third kappa shape index (κ3) is 4.00. The van der Waals surface area contributed by atoms with Crippen molar-refractivity contribution in [2.75, 3.05) is 7.11 Å². The lowest BCUT2D eigenvalue weighted by Crippen LogP contribution is -2.28. The first-order valence-corrected chi connectivity index (χ1v) is 6.62. The summed E-state index contributed by atoms with van der Waals surface area (Å²) in [6.45, 7) is 0.849. The highest BCUT2D eigenvalue weighted by Crippen LogP contribution is 2.17. The zero-order chi connectivity index (χ0) is 11.9. The highest BCUT2D eigenvalue weighted by Gasteiger charge is 2.11. The fraction of sp³-hybridized carbons (Fsp3) is 0.643. The Hall–Kier alpha value is -1.09. The molecule has 0 radical (unpaired) electrons. The Morgan fingerprint density at radius 1 is 1.24 bits per heavy atom. The predicted octanol–water partition coefficient (Wildman–Crippen LogP) is 2.90. The molecule has 3 heteroatoms. The van der Waals surface area contributed by atoms with Crippen LogP contribution < -0.4 is 10.1 Å². The Morgan fingerprint density at radius 3 is 2.71 bits per heavy atom. The molecule has 1 aromatic heterocycles. The normalized spacial score (nSPS) is 17.7. The zero-order valence-electron chi connectivity index (χ0n) is 10.6. The van der Waals surface area contributed by atoms with Crippen molar-refractivity contribution in [1.82, 2.24) is 10.3 Å². The fourth-order valence-corrected chi connectivity index (χ4v) is 2.40. The van der Waals surface area contributed by atoms with Crippen LogP contribution in [0.3, 0.4) is 0 Å². The second-order valence-electron chi connectivity index (χ2n) is 4.74. The third-order valence-corrected chi connectivity index (χ3v) is 3.42. The Balaban J connectivity index is 1.83. The van der Waals surface area contributed by atoms with Crippen LogP contribution in [0.1, 0.15) is 44.2 Å². The predicted molar refractivity (Wildman–Crippen MR) is 69.1 cm³/mol. The van der Waals surface area contributed by atoms with Gasteiger partial charge in [0, 0.05) is 18.7 Å². The molecule has 94 valence electrons. The van der Waals surface area contributed by atoms with Gasteiger partial charge in [0.25, 0.3) is 0 Å². The smallest absolute Gasteiger partial charge is 0.213 e. The number of nitrogens with zero attached hydrogens (tertiary/aromatic N) is 1. The fourth-order valence-electron chi connectivity index (χ4n) is 2.40. The van der Waals surface area contributed by atoms with Gasteiger partial charge in [-0.25, -0.2) is 4.98 Å². The molecule has 1 fully saturated rings. The van der Waals surface area contributed by atoms with Crippen LogP contribution in [0.2, 0.25) is 0 Å². The molecule has 1 aliphatic carbocycles. The van der Waals surface area contributed by atoms with Crippen LogP contribution in [0.15, 0.2) is 18.2 Å². The molecular weight excluding hydrogens is 212 g/mol. The van der Waals surface area contributed by atoms with E-state index in [1.807, 2.05) is 18.2 Å². The number of rotatable bonds is 4. The molecule has 0 amide bonds. The van der Waals surface area contributed by atoms with Crippen molar-refractivity contribution in [2.45, 2.75) is 51.1 Å². The number of pyridine rings is 1. The summed E-state index contributed by atoms with van der Waals surface area (Å²) in [5, 5.41) is 3.61. The third-order valence-electron chi connectivity index (χ3n) is 3.42. The van der Waals surface area contributed by atoms with Gasteiger partial charge in [0.1, 0.15) is 0 Å². The average molecular weight is 234 g/mol. The van der Waals surface area contributed by atoms with Crippen molar-refractivity contribution in [3.8, 4) is 5.88 Å². The topological polar surface area (TPSA) is 34.1 Å². The SMILES string of the molecule is COc1cccc(CNC2CCCCCC2)n1. The zero-order valence-corrected chi connectivity index (χ0v) is 10.6. The van der Waals surface area contributed by atoms with Gasteiger partial charge in [-0.2, -0.15) is 0 Å². The minimum atomic E-state index is 0.672. The maximum Gasteiger partial charge on any atom is 0.213 e. The van der Waals surface area contributed by atoms with Gasteiger partial charge in [0.15, 0.2) is 0 Å². The maximum atomic E-state index is 5.13. The average Bonchev–Trinajstić information content (AvgIpc) is 2.65. The van der Waals surface area contributed by atoms with Crippen LogP contribution in [-0.2, 0) is 6.54 Å². The standard InChI is InChI=1S/C14H22N2O/c1-17-14-10-6-9-13(16-14)11-15-12-7-4-2-3-5-8-12/h6,9-10,12,15H,2-5,7-8,11H2,1H3. The molecule has 3 nitrogen and oxygen atoms in total. The van der Waals surface area contributed by atoms with Crippen LogP contribution >= 0.6 is 0 Å². The molecule has 1 aliphatic rings. The first-order chi connectivity index (χ1) is 8.38. The second kappa shape index (κ2) is 6.60. The lowest BCUT2D eigenvalue weighted by molar-refractivity contribution is 0.393. The van der Waals surface area contributed by atoms with Crippen LogP contribution in [0.25, 0.3) is 0 Å². The Morgan fingerprint density at radius 2 is 2.00 bits per heavy atom. The van der Waals surface area contributed by atoms with Gasteiger partial charge in [-0.15, -0.1) is 0 Å². The molecule has 2 rings (SSSR count). The first-order valence-electron chi connectivity index (χ1n) is 6.62. The molecule has 0 saturated heterocycles. The van der Waals surface area contributed by atoms with E-state index in [1.165, 1.54) is 38.5 Å². The Kier molecular flexibility index (Phi) is 4.80. The van der Waals surface area contributed by atoms with E-state index in [4.69, 9.17) is 4.74 Å². The van der Waals surface area contributed by atoms with Crippen molar-refractivity contribution < 1.29 is 4.74 Å². The van der Waals surface area contributed by atoms with Gasteiger partial charge in [-0.05, 0) is 18.9 Å². The summed E-state index contributed by atoms with van der Waals surface area (Å²) in [4.78, 5) is 4.41. The number of aromatic nitrogens is 1. The number of ether oxygens (including phenoxy) is 1. The van der Waals surface area contributed by atoms with Gasteiger partial charge in [0.2, 0.25) is 5.88 Å². The summed E-state index contributed by atoms with van der Waals surface area (Å²) < 4.78 is 5.13. The molecule has 0 spiro atoms. The van der Waals surface area contributed by atoms with E-state index in [-0.39, 0.29) is 0 Å². The molecular formula is C14H22N2O. The summed E-state index contributed by atoms with van der Waals surface area (Å²) in [5.74, 6) is 0.699. The quantitative estimate of drug-likeness (QED) is 0.813. The van der Waals surface area contributed by atoms with E-state index < -0.39 is 0 Å². The van der Waals surface area contributed by atoms with Crippen molar-refractivity contribution in [1.29, 1.82) is 0 Å². The van der Waals surface area contributed by atoms with Crippen molar-refractivity contribution in [2.24, 2.45) is 0 Å². The Labute approximate surface area is 104 Å². The molecule has 0 unspecified atom stereocenters. The number of nitrogens with one attached hydrogen (secondary N) is 1. The van der Waals surface area contributed by atoms with Crippen molar-refractivity contribution in [3.63, 3.8) is 0 Å². The summed E-state index contributed by atoms with van der Waals surface area (Å²) in [6.07, 6.45) is 8.14. The lowest BCUT2D eigenvalue weighted by atomic mass is 10.1. The largest absolute Gasteiger partial charge is 0.481 e. The monoisotopic (exact) mass is 234 g/mol. The molecule has 0 bridgehead atoms. The van der Waals surface area contributed by atoms with E-state index in [1.54, 1.807) is 7.11 Å². The van der Waals surface area contributed by atoms with Gasteiger partial charge in [0.05, 0.1) is 12.8 Å². The van der Waals surface area contributed by atoms with E-state index in [9.17, 15) is 0 Å². The molecule has 0 aliphatic heterocycles. The van der Waals surface area contributed by atoms with Gasteiger partial charge in [-0.3, -0.25) is 0 Å². The highest BCUT2D eigenvalue weighted by molar-refractivity contribution is 5.15. The van der Waals surface area contributed by atoms with Crippen LogP contribution in [0.4, 0.5) is 0 Å². The minimum Gasteiger partial charge on any atom is -0.481 e. The van der Waals surface area contributed by atoms with E-state index in [0.29, 0.717) is 11.9 Å². The molecule has 0 atom stereocenters. The molecule has 17 heavy (non-hydrogen) atoms. The van der Waals surface area contributed by atoms with E-state index >= 15 is 0 Å². The van der Waals surface area contributed by atoms with Crippen molar-refractivity contribution in [3.05, 3.63) is 23.9 Å². The van der Waals surface area contributed by atoms with Gasteiger partial charge in [-0.1, -0.05) is 31.7 Å². The Bertz CT molecular complexity index is 333. The number of hydrogen-bond acceptors (Lipinski definition) is 3. The van der Waals surface area contributed by atoms with Crippen LogP contribution in [0, 0.1) is 0 Å². The lowest BCUT2D eigenvalue weighted by Gasteiger charge is -2.15. The molecule has 1 saturated carbocycles. The first kappa shape index (κ1) is 12.4. The van der Waals surface area contributed by atoms with Crippen LogP contribution in [0.5, 0.6) is 5.88 Å². The highest BCUT2D eigenvalue weighted by atomic mass is 16.5. The number of hydrogen-bond donors (Lipinski definition) is 1. The molecule has 1 heterocycles. The molecule has 0 aromatic carbocycles. The van der Waals surface area contributed by atoms with Gasteiger partial charge >= 0.3 is 0 Å². The van der Waals surface area contributed by atoms with Crippen LogP contribution in [-0.4, -0.2) is 18.1 Å². The van der Waals surface area contributed by atoms with E-state index in [2.05, 4.69) is 10.3 Å². The molecule has 1 aromatic rings. The van der Waals surface area contributed by atoms with Gasteiger partial charge < -0.3 is 10.1 Å². The van der Waals surface area contributed by atoms with Crippen molar-refractivity contribution >= 4 is 0 Å². The summed E-state index contributed by atoms with van der Waals surface area (Å²) in [6, 6.07) is 6.60. The maximum absolute atomic E-state index is 5.13. The summed E-state index contributed by atoms with van der Waals surface area (Å²) in [5.41, 5.74) is 1.06. The van der Waals surface area contributed by atoms with E-state index in [0.717, 1.165) is 12.2 Å². The summed E-state index contributed by atoms with van der Waals surface area (Å²) in [7, 11) is 1.66.